The molecule has 1 unspecified atom stereocenters. The Morgan fingerprint density at radius 3 is 2.38 bits per heavy atom. The van der Waals surface area contributed by atoms with Gasteiger partial charge in [-0.15, -0.1) is 5.10 Å². The third-order valence-electron chi connectivity index (χ3n) is 9.10. The van der Waals surface area contributed by atoms with E-state index in [1.54, 1.807) is 7.11 Å². The highest BCUT2D eigenvalue weighted by atomic mass is 28.3. The second-order valence-corrected chi connectivity index (χ2v) is 16.8. The Balaban J connectivity index is 1.49. The van der Waals surface area contributed by atoms with Gasteiger partial charge in [-0.05, 0) is 42.0 Å². The highest BCUT2D eigenvalue weighted by Crippen LogP contribution is 2.46. The standard InChI is InChI=1S/C33H49N3O3Si/c1-6-7-8-9-13-16-31-25(2)33(40(4,5)28-19-17-27(38-3)18-20-28)32(39-31)21-22-36-23-30(34-35-36)29(24-37)26-14-11-10-12-15-26/h10-12,14-15,17-20,23,25,29,31-33,37H,6-9,13,16,21-22,24H2,1-5H3/t25-,29?,31+,32-,33+/m1/s1. The van der Waals surface area contributed by atoms with Crippen LogP contribution in [0, 0.1) is 5.92 Å². The van der Waals surface area contributed by atoms with Gasteiger partial charge in [0.1, 0.15) is 5.75 Å². The van der Waals surface area contributed by atoms with E-state index in [0.29, 0.717) is 17.6 Å². The number of rotatable bonds is 15. The zero-order valence-electron chi connectivity index (χ0n) is 25.1. The molecule has 6 nitrogen and oxygen atoms in total. The van der Waals surface area contributed by atoms with Crippen molar-refractivity contribution in [1.29, 1.82) is 0 Å². The van der Waals surface area contributed by atoms with Crippen LogP contribution in [0.5, 0.6) is 5.75 Å². The Kier molecular flexibility index (Phi) is 11.0. The molecule has 2 aromatic carbocycles. The number of aryl methyl sites for hydroxylation is 1. The van der Waals surface area contributed by atoms with Crippen LogP contribution in [0.15, 0.2) is 60.8 Å². The predicted octanol–water partition coefficient (Wildman–Crippen LogP) is 6.55. The van der Waals surface area contributed by atoms with Crippen molar-refractivity contribution in [2.24, 2.45) is 5.92 Å². The molecule has 218 valence electrons. The van der Waals surface area contributed by atoms with Gasteiger partial charge in [-0.2, -0.15) is 0 Å². The van der Waals surface area contributed by atoms with Crippen molar-refractivity contribution in [2.75, 3.05) is 13.7 Å². The molecule has 0 radical (unpaired) electrons. The van der Waals surface area contributed by atoms with E-state index in [1.165, 1.54) is 37.3 Å². The lowest BCUT2D eigenvalue weighted by Crippen LogP contribution is -2.50. The minimum absolute atomic E-state index is 0.00954. The number of ether oxygens (including phenoxy) is 2. The molecule has 1 saturated heterocycles. The molecule has 1 aliphatic rings. The molecule has 0 bridgehead atoms. The highest BCUT2D eigenvalue weighted by Gasteiger charge is 2.50. The van der Waals surface area contributed by atoms with Gasteiger partial charge in [0.15, 0.2) is 0 Å². The van der Waals surface area contributed by atoms with Gasteiger partial charge in [0.05, 0.1) is 45.6 Å². The van der Waals surface area contributed by atoms with Crippen molar-refractivity contribution in [3.8, 4) is 5.75 Å². The fourth-order valence-corrected chi connectivity index (χ4v) is 10.9. The van der Waals surface area contributed by atoms with Gasteiger partial charge in [-0.25, -0.2) is 0 Å². The average Bonchev–Trinajstić information content (AvgIpc) is 3.57. The van der Waals surface area contributed by atoms with Gasteiger partial charge in [0.2, 0.25) is 0 Å². The summed E-state index contributed by atoms with van der Waals surface area (Å²) in [6, 6.07) is 18.8. The largest absolute Gasteiger partial charge is 0.497 e. The molecule has 0 aliphatic carbocycles. The van der Waals surface area contributed by atoms with Crippen LogP contribution in [0.3, 0.4) is 0 Å². The molecule has 1 aromatic heterocycles. The number of aromatic nitrogens is 3. The molecular weight excluding hydrogens is 514 g/mol. The van der Waals surface area contributed by atoms with Crippen LogP contribution in [0.4, 0.5) is 0 Å². The van der Waals surface area contributed by atoms with E-state index in [4.69, 9.17) is 9.47 Å². The van der Waals surface area contributed by atoms with E-state index in [-0.39, 0.29) is 18.6 Å². The lowest BCUT2D eigenvalue weighted by molar-refractivity contribution is 0.0233. The van der Waals surface area contributed by atoms with E-state index < -0.39 is 8.07 Å². The smallest absolute Gasteiger partial charge is 0.118 e. The quantitative estimate of drug-likeness (QED) is 0.168. The normalized spacial score (nSPS) is 21.9. The number of aliphatic hydroxyl groups is 1. The number of hydrogen-bond acceptors (Lipinski definition) is 5. The maximum absolute atomic E-state index is 10.1. The fourth-order valence-electron chi connectivity index (χ4n) is 6.76. The van der Waals surface area contributed by atoms with Crippen LogP contribution < -0.4 is 9.92 Å². The molecule has 0 amide bonds. The lowest BCUT2D eigenvalue weighted by Gasteiger charge is -2.36. The molecule has 40 heavy (non-hydrogen) atoms. The maximum Gasteiger partial charge on any atom is 0.118 e. The zero-order valence-corrected chi connectivity index (χ0v) is 26.1. The van der Waals surface area contributed by atoms with Gasteiger partial charge >= 0.3 is 0 Å². The van der Waals surface area contributed by atoms with Gasteiger partial charge in [-0.3, -0.25) is 4.68 Å². The lowest BCUT2D eigenvalue weighted by atomic mass is 9.95. The Hall–Kier alpha value is -2.48. The van der Waals surface area contributed by atoms with Gasteiger partial charge in [-0.1, -0.05) is 112 Å². The van der Waals surface area contributed by atoms with Crippen molar-refractivity contribution in [1.82, 2.24) is 15.0 Å². The Morgan fingerprint density at radius 1 is 0.975 bits per heavy atom. The Labute approximate surface area is 242 Å². The summed E-state index contributed by atoms with van der Waals surface area (Å²) in [5.41, 5.74) is 2.38. The van der Waals surface area contributed by atoms with Crippen LogP contribution in [0.25, 0.3) is 0 Å². The summed E-state index contributed by atoms with van der Waals surface area (Å²) in [7, 11) is -0.144. The highest BCUT2D eigenvalue weighted by molar-refractivity contribution is 6.91. The fraction of sp³-hybridized carbons (Fsp3) is 0.576. The van der Waals surface area contributed by atoms with Crippen molar-refractivity contribution >= 4 is 13.3 Å². The summed E-state index contributed by atoms with van der Waals surface area (Å²) in [4.78, 5) is 0. The summed E-state index contributed by atoms with van der Waals surface area (Å²) in [6.45, 7) is 10.5. The van der Waals surface area contributed by atoms with Gasteiger partial charge in [0.25, 0.3) is 0 Å². The van der Waals surface area contributed by atoms with E-state index in [1.807, 2.05) is 41.2 Å². The van der Waals surface area contributed by atoms with Crippen molar-refractivity contribution in [3.05, 3.63) is 72.1 Å². The predicted molar refractivity (Wildman–Crippen MR) is 165 cm³/mol. The second kappa shape index (κ2) is 14.4. The molecule has 4 rings (SSSR count). The van der Waals surface area contributed by atoms with Crippen molar-refractivity contribution < 1.29 is 14.6 Å². The third kappa shape index (κ3) is 7.23. The second-order valence-electron chi connectivity index (χ2n) is 12.1. The molecule has 2 heterocycles. The number of aliphatic hydroxyl groups excluding tert-OH is 1. The molecule has 7 heteroatoms. The first-order valence-corrected chi connectivity index (χ1v) is 18.3. The van der Waals surface area contributed by atoms with E-state index in [0.717, 1.165) is 36.4 Å². The SMILES string of the molecule is CCCCCCC[C@@H]1O[C@H](CCn2cc(C(CO)c3ccccc3)nn2)[C@@H]([Si](C)(C)c2ccc(OC)cc2)[C@@H]1C. The van der Waals surface area contributed by atoms with Crippen LogP contribution in [-0.4, -0.2) is 54.1 Å². The van der Waals surface area contributed by atoms with E-state index >= 15 is 0 Å². The molecule has 1 aliphatic heterocycles. The third-order valence-corrected chi connectivity index (χ3v) is 13.5. The Morgan fingerprint density at radius 2 is 1.70 bits per heavy atom. The first-order chi connectivity index (χ1) is 19.4. The van der Waals surface area contributed by atoms with Crippen LogP contribution in [-0.2, 0) is 11.3 Å². The number of nitrogens with zero attached hydrogens (tertiary/aromatic N) is 3. The number of methoxy groups -OCH3 is 1. The monoisotopic (exact) mass is 563 g/mol. The molecule has 3 aromatic rings. The summed E-state index contributed by atoms with van der Waals surface area (Å²) >= 11 is 0. The molecule has 1 fully saturated rings. The zero-order chi connectivity index (χ0) is 28.5. The Bertz CT molecular complexity index is 1150. The van der Waals surface area contributed by atoms with Crippen LogP contribution >= 0.6 is 0 Å². The molecule has 0 spiro atoms. The minimum atomic E-state index is -1.87. The molecular formula is C33H49N3O3Si. The number of unbranched alkanes of at least 4 members (excludes halogenated alkanes) is 4. The number of hydrogen-bond donors (Lipinski definition) is 1. The van der Waals surface area contributed by atoms with Gasteiger partial charge < -0.3 is 14.6 Å². The molecule has 1 N–H and O–H groups in total. The van der Waals surface area contributed by atoms with Crippen molar-refractivity contribution in [2.45, 2.75) is 102 Å². The summed E-state index contributed by atoms with van der Waals surface area (Å²) in [6.07, 6.45) is 11.0. The summed E-state index contributed by atoms with van der Waals surface area (Å²) in [5.74, 6) is 1.26. The summed E-state index contributed by atoms with van der Waals surface area (Å²) < 4.78 is 14.3. The van der Waals surface area contributed by atoms with E-state index in [2.05, 4.69) is 61.5 Å². The maximum atomic E-state index is 10.1. The van der Waals surface area contributed by atoms with Crippen LogP contribution in [0.2, 0.25) is 18.6 Å². The van der Waals surface area contributed by atoms with Crippen LogP contribution in [0.1, 0.15) is 76.0 Å². The molecule has 5 atom stereocenters. The first-order valence-electron chi connectivity index (χ1n) is 15.2. The number of benzene rings is 2. The first kappa shape index (κ1) is 30.5. The average molecular weight is 564 g/mol. The van der Waals surface area contributed by atoms with Crippen molar-refractivity contribution in [3.63, 3.8) is 0 Å². The topological polar surface area (TPSA) is 69.4 Å². The van der Waals surface area contributed by atoms with E-state index in [9.17, 15) is 5.11 Å². The van der Waals surface area contributed by atoms with Gasteiger partial charge in [0, 0.05) is 12.7 Å². The summed E-state index contributed by atoms with van der Waals surface area (Å²) in [5, 5.41) is 20.4. The minimum Gasteiger partial charge on any atom is -0.497 e. The molecule has 0 saturated carbocycles.